The molecular formula is C20H26ClN3O3. The summed E-state index contributed by atoms with van der Waals surface area (Å²) in [4.78, 5) is 14.3. The summed E-state index contributed by atoms with van der Waals surface area (Å²) in [5, 5.41) is 23.5. The maximum absolute atomic E-state index is 12.1. The van der Waals surface area contributed by atoms with Crippen LogP contribution in [-0.4, -0.2) is 46.9 Å². The van der Waals surface area contributed by atoms with Gasteiger partial charge in [0, 0.05) is 24.0 Å². The number of nitriles is 1. The van der Waals surface area contributed by atoms with E-state index in [9.17, 15) is 15.2 Å². The largest absolute Gasteiger partial charge is 0.444 e. The monoisotopic (exact) mass is 391 g/mol. The van der Waals surface area contributed by atoms with Gasteiger partial charge in [-0.3, -0.25) is 4.90 Å². The highest BCUT2D eigenvalue weighted by Gasteiger charge is 2.39. The second-order valence-corrected chi connectivity index (χ2v) is 8.77. The molecule has 1 aromatic carbocycles. The first-order valence-electron chi connectivity index (χ1n) is 9.32. The molecule has 2 aliphatic rings. The first-order valence-corrected chi connectivity index (χ1v) is 9.70. The second kappa shape index (κ2) is 7.67. The minimum atomic E-state index is -0.592. The zero-order chi connectivity index (χ0) is 19.8. The minimum absolute atomic E-state index is 0.0422. The van der Waals surface area contributed by atoms with Gasteiger partial charge in [0.2, 0.25) is 0 Å². The highest BCUT2D eigenvalue weighted by atomic mass is 35.5. The van der Waals surface area contributed by atoms with Gasteiger partial charge in [0.15, 0.2) is 0 Å². The molecule has 2 N–H and O–H groups in total. The number of nitrogens with zero attached hydrogens (tertiary/aromatic N) is 2. The summed E-state index contributed by atoms with van der Waals surface area (Å²) in [6.45, 7) is 6.95. The van der Waals surface area contributed by atoms with Crippen molar-refractivity contribution in [3.05, 3.63) is 33.8 Å². The lowest BCUT2D eigenvalue weighted by atomic mass is 9.98. The normalized spacial score (nSPS) is 25.6. The smallest absolute Gasteiger partial charge is 0.407 e. The van der Waals surface area contributed by atoms with Gasteiger partial charge in [-0.25, -0.2) is 4.79 Å². The van der Waals surface area contributed by atoms with E-state index in [1.54, 1.807) is 6.07 Å². The van der Waals surface area contributed by atoms with Crippen LogP contribution in [0.5, 0.6) is 0 Å². The lowest BCUT2D eigenvalue weighted by Crippen LogP contribution is -2.50. The van der Waals surface area contributed by atoms with Crippen LogP contribution in [0.1, 0.15) is 56.3 Å². The van der Waals surface area contributed by atoms with E-state index in [1.807, 2.05) is 26.8 Å². The van der Waals surface area contributed by atoms with Crippen molar-refractivity contribution in [3.8, 4) is 6.07 Å². The van der Waals surface area contributed by atoms with Gasteiger partial charge < -0.3 is 15.2 Å². The lowest BCUT2D eigenvalue weighted by Gasteiger charge is -2.38. The summed E-state index contributed by atoms with van der Waals surface area (Å²) in [6.07, 6.45) is 1.21. The van der Waals surface area contributed by atoms with E-state index in [1.165, 1.54) is 0 Å². The fourth-order valence-electron chi connectivity index (χ4n) is 4.07. The van der Waals surface area contributed by atoms with E-state index in [-0.39, 0.29) is 12.1 Å². The third-order valence-electron chi connectivity index (χ3n) is 5.03. The van der Waals surface area contributed by atoms with Crippen molar-refractivity contribution < 1.29 is 14.6 Å². The van der Waals surface area contributed by atoms with Crippen LogP contribution in [0.3, 0.4) is 0 Å². The molecule has 0 unspecified atom stereocenters. The quantitative estimate of drug-likeness (QED) is 0.808. The molecule has 0 spiro atoms. The molecule has 3 atom stereocenters. The Bertz CT molecular complexity index is 769. The van der Waals surface area contributed by atoms with Crippen LogP contribution < -0.4 is 5.32 Å². The highest BCUT2D eigenvalue weighted by Crippen LogP contribution is 2.40. The van der Waals surface area contributed by atoms with Crippen LogP contribution in [0, 0.1) is 11.3 Å². The van der Waals surface area contributed by atoms with Crippen molar-refractivity contribution in [3.63, 3.8) is 0 Å². The van der Waals surface area contributed by atoms with Crippen LogP contribution in [0.4, 0.5) is 4.79 Å². The number of nitrogens with one attached hydrogen (secondary N) is 1. The van der Waals surface area contributed by atoms with Crippen LogP contribution in [0.15, 0.2) is 12.1 Å². The molecule has 6 nitrogen and oxygen atoms in total. The molecule has 0 saturated carbocycles. The Hall–Kier alpha value is -1.81. The summed E-state index contributed by atoms with van der Waals surface area (Å²) < 4.78 is 5.35. The Balaban J connectivity index is 1.75. The van der Waals surface area contributed by atoms with E-state index < -0.39 is 17.8 Å². The number of benzene rings is 1. The number of piperidine rings is 1. The third kappa shape index (κ3) is 4.55. The van der Waals surface area contributed by atoms with Gasteiger partial charge in [-0.2, -0.15) is 5.26 Å². The number of ether oxygens (including phenoxy) is 1. The van der Waals surface area contributed by atoms with Gasteiger partial charge >= 0.3 is 6.09 Å². The van der Waals surface area contributed by atoms with E-state index >= 15 is 0 Å². The molecular weight excluding hydrogens is 366 g/mol. The topological polar surface area (TPSA) is 85.6 Å². The first-order chi connectivity index (χ1) is 12.7. The number of aliphatic hydroxyl groups excluding tert-OH is 1. The average Bonchev–Trinajstić information content (AvgIpc) is 2.88. The molecule has 0 radical (unpaired) electrons. The van der Waals surface area contributed by atoms with Crippen LogP contribution in [0.2, 0.25) is 5.02 Å². The van der Waals surface area contributed by atoms with E-state index in [0.717, 1.165) is 30.5 Å². The van der Waals surface area contributed by atoms with Crippen molar-refractivity contribution in [1.82, 2.24) is 10.2 Å². The lowest BCUT2D eigenvalue weighted by molar-refractivity contribution is 0.0302. The third-order valence-corrected chi connectivity index (χ3v) is 5.25. The molecule has 27 heavy (non-hydrogen) atoms. The van der Waals surface area contributed by atoms with Crippen LogP contribution in [0.25, 0.3) is 0 Å². The molecule has 0 bridgehead atoms. The molecule has 3 rings (SSSR count). The fraction of sp³-hybridized carbons (Fsp3) is 0.600. The Labute approximate surface area is 165 Å². The maximum atomic E-state index is 12.1. The molecule has 1 amide bonds. The molecule has 7 heteroatoms. The zero-order valence-electron chi connectivity index (χ0n) is 16.0. The van der Waals surface area contributed by atoms with Crippen molar-refractivity contribution in [2.75, 3.05) is 13.1 Å². The summed E-state index contributed by atoms with van der Waals surface area (Å²) in [6, 6.07) is 5.43. The maximum Gasteiger partial charge on any atom is 0.407 e. The number of fused-ring (bicyclic) bond motifs is 1. The predicted octanol–water partition coefficient (Wildman–Crippen LogP) is 3.16. The molecule has 146 valence electrons. The number of hydrogen-bond donors (Lipinski definition) is 2. The Morgan fingerprint density at radius 2 is 2.19 bits per heavy atom. The number of alkyl carbamates (subject to hydrolysis) is 1. The SMILES string of the molecule is CC(C)(C)OC(=O)N[C@@H]1CCCN([C@@H]2c3cc(Cl)cc(C#N)c3C[C@H]2O)C1. The number of halogens is 1. The highest BCUT2D eigenvalue weighted by molar-refractivity contribution is 6.30. The van der Waals surface area contributed by atoms with Gasteiger partial charge in [-0.05, 0) is 63.4 Å². The second-order valence-electron chi connectivity index (χ2n) is 8.33. The fourth-order valence-corrected chi connectivity index (χ4v) is 4.30. The molecule has 1 fully saturated rings. The Kier molecular flexibility index (Phi) is 5.66. The first kappa shape index (κ1) is 19.9. The number of hydrogen-bond acceptors (Lipinski definition) is 5. The summed E-state index contributed by atoms with van der Waals surface area (Å²) in [5.74, 6) is 0. The Morgan fingerprint density at radius 1 is 1.44 bits per heavy atom. The molecule has 1 heterocycles. The van der Waals surface area contributed by atoms with Crippen molar-refractivity contribution >= 4 is 17.7 Å². The van der Waals surface area contributed by atoms with E-state index in [2.05, 4.69) is 16.3 Å². The molecule has 1 aromatic rings. The average molecular weight is 392 g/mol. The van der Waals surface area contributed by atoms with Crippen LogP contribution in [-0.2, 0) is 11.2 Å². The summed E-state index contributed by atoms with van der Waals surface area (Å²) in [7, 11) is 0. The van der Waals surface area contributed by atoms with Crippen molar-refractivity contribution in [1.29, 1.82) is 5.26 Å². The van der Waals surface area contributed by atoms with E-state index in [4.69, 9.17) is 16.3 Å². The Morgan fingerprint density at radius 3 is 2.85 bits per heavy atom. The number of likely N-dealkylation sites (tertiary alicyclic amines) is 1. The summed E-state index contributed by atoms with van der Waals surface area (Å²) in [5.41, 5.74) is 1.79. The van der Waals surface area contributed by atoms with Crippen LogP contribution >= 0.6 is 11.6 Å². The molecule has 1 aliphatic heterocycles. The van der Waals surface area contributed by atoms with Gasteiger partial charge in [-0.1, -0.05) is 11.6 Å². The molecule has 1 saturated heterocycles. The number of rotatable bonds is 2. The van der Waals surface area contributed by atoms with Crippen molar-refractivity contribution in [2.45, 2.75) is 63.8 Å². The minimum Gasteiger partial charge on any atom is -0.444 e. The molecule has 0 aromatic heterocycles. The summed E-state index contributed by atoms with van der Waals surface area (Å²) >= 11 is 6.19. The van der Waals surface area contributed by atoms with Gasteiger partial charge in [0.05, 0.1) is 23.8 Å². The van der Waals surface area contributed by atoms with Gasteiger partial charge in [0.1, 0.15) is 5.60 Å². The molecule has 1 aliphatic carbocycles. The predicted molar refractivity (Wildman–Crippen MR) is 103 cm³/mol. The number of amides is 1. The van der Waals surface area contributed by atoms with E-state index in [0.29, 0.717) is 23.6 Å². The number of carbonyl (C=O) groups is 1. The zero-order valence-corrected chi connectivity index (χ0v) is 16.7. The number of aliphatic hydroxyl groups is 1. The van der Waals surface area contributed by atoms with Gasteiger partial charge in [-0.15, -0.1) is 0 Å². The van der Waals surface area contributed by atoms with Crippen molar-refractivity contribution in [2.24, 2.45) is 0 Å². The standard InChI is InChI=1S/C20H26ClN3O3/c1-20(2,3)27-19(26)23-14-5-4-6-24(11-14)18-16-8-13(21)7-12(10-22)15(16)9-17(18)25/h7-8,14,17-18,25H,4-6,9,11H2,1-3H3,(H,23,26)/t14-,17-,18-/m1/s1. The number of carbonyl (C=O) groups excluding carboxylic acids is 1. The van der Waals surface area contributed by atoms with Gasteiger partial charge in [0.25, 0.3) is 0 Å².